The zero-order valence-corrected chi connectivity index (χ0v) is 10.6. The summed E-state index contributed by atoms with van der Waals surface area (Å²) in [5, 5.41) is 9.71. The number of rotatable bonds is 1. The molecule has 0 radical (unpaired) electrons. The third-order valence-electron chi connectivity index (χ3n) is 3.39. The zero-order valence-electron chi connectivity index (χ0n) is 10.6. The molecule has 2 rings (SSSR count). The first-order valence-corrected chi connectivity index (χ1v) is 6.22. The normalized spacial score (nSPS) is 29.7. The molecule has 1 fully saturated rings. The van der Waals surface area contributed by atoms with E-state index in [0.717, 1.165) is 12.3 Å². The zero-order chi connectivity index (χ0) is 12.0. The van der Waals surface area contributed by atoms with Gasteiger partial charge >= 0.3 is 0 Å². The Morgan fingerprint density at radius 3 is 2.50 bits per heavy atom. The molecule has 1 aliphatic rings. The van der Waals surface area contributed by atoms with Crippen molar-refractivity contribution >= 4 is 0 Å². The third kappa shape index (κ3) is 4.35. The second kappa shape index (κ2) is 6.69. The number of H-pyrrole nitrogens is 1. The van der Waals surface area contributed by atoms with Gasteiger partial charge in [0, 0.05) is 12.4 Å². The van der Waals surface area contributed by atoms with Crippen molar-refractivity contribution in [2.45, 2.75) is 46.1 Å². The van der Waals surface area contributed by atoms with E-state index in [4.69, 9.17) is 0 Å². The largest absolute Gasteiger partial charge is 0.393 e. The molecule has 0 bridgehead atoms. The number of nitrogens with one attached hydrogen (secondary N) is 1. The van der Waals surface area contributed by atoms with Gasteiger partial charge in [0.25, 0.3) is 0 Å². The maximum atomic E-state index is 9.71. The molecule has 0 spiro atoms. The molecule has 92 valence electrons. The highest BCUT2D eigenvalue weighted by atomic mass is 16.3. The highest BCUT2D eigenvalue weighted by Crippen LogP contribution is 2.33. The van der Waals surface area contributed by atoms with Gasteiger partial charge in [-0.2, -0.15) is 0 Å². The van der Waals surface area contributed by atoms with Gasteiger partial charge in [-0.15, -0.1) is 0 Å². The van der Waals surface area contributed by atoms with E-state index in [2.05, 4.69) is 30.7 Å². The number of aromatic nitrogens is 2. The summed E-state index contributed by atoms with van der Waals surface area (Å²) < 4.78 is 0. The lowest BCUT2D eigenvalue weighted by Crippen LogP contribution is -2.31. The first-order chi connectivity index (χ1) is 7.61. The van der Waals surface area contributed by atoms with Gasteiger partial charge in [0.05, 0.1) is 12.4 Å². The van der Waals surface area contributed by atoms with Crippen LogP contribution in [0, 0.1) is 17.8 Å². The molecular formula is C13H24N2O. The van der Waals surface area contributed by atoms with E-state index in [1.165, 1.54) is 12.8 Å². The van der Waals surface area contributed by atoms with Gasteiger partial charge in [0.2, 0.25) is 0 Å². The molecule has 3 nitrogen and oxygen atoms in total. The maximum absolute atomic E-state index is 9.71. The number of hydrogen-bond acceptors (Lipinski definition) is 2. The molecule has 1 heterocycles. The van der Waals surface area contributed by atoms with Crippen molar-refractivity contribution in [1.82, 2.24) is 9.97 Å². The molecule has 3 unspecified atom stereocenters. The summed E-state index contributed by atoms with van der Waals surface area (Å²) in [4.78, 5) is 6.42. The molecule has 3 atom stereocenters. The number of aliphatic hydroxyl groups excluding tert-OH is 1. The third-order valence-corrected chi connectivity index (χ3v) is 3.39. The first kappa shape index (κ1) is 13.2. The van der Waals surface area contributed by atoms with Crippen LogP contribution >= 0.6 is 0 Å². The highest BCUT2D eigenvalue weighted by molar-refractivity contribution is 4.79. The van der Waals surface area contributed by atoms with Crippen LogP contribution in [0.2, 0.25) is 0 Å². The van der Waals surface area contributed by atoms with Crippen LogP contribution in [0.1, 0.15) is 40.0 Å². The van der Waals surface area contributed by atoms with Crippen LogP contribution in [-0.2, 0) is 0 Å². The van der Waals surface area contributed by atoms with Crippen molar-refractivity contribution in [2.75, 3.05) is 0 Å². The molecule has 0 saturated heterocycles. The fraction of sp³-hybridized carbons (Fsp3) is 0.769. The SMILES string of the molecule is CC1CCC(C(C)C)C(O)C1.c1c[nH]cn1. The Labute approximate surface area is 98.3 Å². The summed E-state index contributed by atoms with van der Waals surface area (Å²) in [7, 11) is 0. The monoisotopic (exact) mass is 224 g/mol. The standard InChI is InChI=1S/C10H20O.C3H4N2/c1-7(2)9-5-4-8(3)6-10(9)11;1-2-5-3-4-1/h7-11H,4-6H2,1-3H3;1-3H,(H,4,5). The van der Waals surface area contributed by atoms with Gasteiger partial charge in [-0.05, 0) is 30.6 Å². The smallest absolute Gasteiger partial charge is 0.0919 e. The number of aliphatic hydroxyl groups is 1. The van der Waals surface area contributed by atoms with Crippen molar-refractivity contribution in [3.05, 3.63) is 18.7 Å². The minimum absolute atomic E-state index is 0.0289. The van der Waals surface area contributed by atoms with Gasteiger partial charge in [-0.1, -0.05) is 27.2 Å². The number of imidazole rings is 1. The fourth-order valence-electron chi connectivity index (χ4n) is 2.37. The molecular weight excluding hydrogens is 200 g/mol. The van der Waals surface area contributed by atoms with E-state index < -0.39 is 0 Å². The number of aromatic amines is 1. The summed E-state index contributed by atoms with van der Waals surface area (Å²) in [6.07, 6.45) is 8.60. The Bertz CT molecular complexity index is 242. The minimum atomic E-state index is -0.0289. The van der Waals surface area contributed by atoms with Crippen LogP contribution in [0.5, 0.6) is 0 Å². The summed E-state index contributed by atoms with van der Waals surface area (Å²) >= 11 is 0. The molecule has 16 heavy (non-hydrogen) atoms. The Balaban J connectivity index is 0.000000212. The van der Waals surface area contributed by atoms with E-state index in [9.17, 15) is 5.11 Å². The van der Waals surface area contributed by atoms with E-state index in [0.29, 0.717) is 11.8 Å². The summed E-state index contributed by atoms with van der Waals surface area (Å²) in [5.41, 5.74) is 0. The lowest BCUT2D eigenvalue weighted by Gasteiger charge is -2.33. The first-order valence-electron chi connectivity index (χ1n) is 6.22. The van der Waals surface area contributed by atoms with Crippen molar-refractivity contribution in [1.29, 1.82) is 0 Å². The van der Waals surface area contributed by atoms with Gasteiger partial charge < -0.3 is 10.1 Å². The molecule has 1 aliphatic carbocycles. The molecule has 1 aromatic rings. The molecule has 1 aromatic heterocycles. The molecule has 0 aromatic carbocycles. The van der Waals surface area contributed by atoms with E-state index in [1.54, 1.807) is 18.7 Å². The average Bonchev–Trinajstić information content (AvgIpc) is 2.74. The van der Waals surface area contributed by atoms with Crippen molar-refractivity contribution in [3.63, 3.8) is 0 Å². The van der Waals surface area contributed by atoms with Crippen molar-refractivity contribution in [3.8, 4) is 0 Å². The van der Waals surface area contributed by atoms with Crippen LogP contribution in [0.3, 0.4) is 0 Å². The predicted octanol–water partition coefficient (Wildman–Crippen LogP) is 2.85. The van der Waals surface area contributed by atoms with Gasteiger partial charge in [0.15, 0.2) is 0 Å². The Kier molecular flexibility index (Phi) is 5.53. The van der Waals surface area contributed by atoms with Crippen molar-refractivity contribution < 1.29 is 5.11 Å². The van der Waals surface area contributed by atoms with Crippen LogP contribution < -0.4 is 0 Å². The lowest BCUT2D eigenvalue weighted by molar-refractivity contribution is 0.0266. The average molecular weight is 224 g/mol. The molecule has 3 heteroatoms. The fourth-order valence-corrected chi connectivity index (χ4v) is 2.37. The summed E-state index contributed by atoms with van der Waals surface area (Å²) in [6, 6.07) is 0. The van der Waals surface area contributed by atoms with Gasteiger partial charge in [-0.25, -0.2) is 4.98 Å². The second-order valence-electron chi connectivity index (χ2n) is 5.15. The quantitative estimate of drug-likeness (QED) is 0.770. The van der Waals surface area contributed by atoms with Gasteiger partial charge in [-0.3, -0.25) is 0 Å². The van der Waals surface area contributed by atoms with E-state index in [-0.39, 0.29) is 6.10 Å². The molecule has 1 saturated carbocycles. The predicted molar refractivity (Wildman–Crippen MR) is 65.9 cm³/mol. The van der Waals surface area contributed by atoms with Crippen molar-refractivity contribution in [2.24, 2.45) is 17.8 Å². The number of hydrogen-bond donors (Lipinski definition) is 2. The molecule has 2 N–H and O–H groups in total. The van der Waals surface area contributed by atoms with E-state index in [1.807, 2.05) is 0 Å². The topological polar surface area (TPSA) is 48.9 Å². The second-order valence-corrected chi connectivity index (χ2v) is 5.15. The molecule has 0 amide bonds. The van der Waals surface area contributed by atoms with Crippen LogP contribution in [0.15, 0.2) is 18.7 Å². The highest BCUT2D eigenvalue weighted by Gasteiger charge is 2.28. The Hall–Kier alpha value is -0.830. The summed E-state index contributed by atoms with van der Waals surface area (Å²) in [5.74, 6) is 1.95. The van der Waals surface area contributed by atoms with Crippen LogP contribution in [-0.4, -0.2) is 21.2 Å². The van der Waals surface area contributed by atoms with E-state index >= 15 is 0 Å². The van der Waals surface area contributed by atoms with Crippen LogP contribution in [0.25, 0.3) is 0 Å². The van der Waals surface area contributed by atoms with Crippen LogP contribution in [0.4, 0.5) is 0 Å². The maximum Gasteiger partial charge on any atom is 0.0919 e. The lowest BCUT2D eigenvalue weighted by atomic mass is 9.75. The Morgan fingerprint density at radius 1 is 1.38 bits per heavy atom. The summed E-state index contributed by atoms with van der Waals surface area (Å²) in [6.45, 7) is 6.66. The Morgan fingerprint density at radius 2 is 2.12 bits per heavy atom. The minimum Gasteiger partial charge on any atom is -0.393 e. The number of nitrogens with zero attached hydrogens (tertiary/aromatic N) is 1. The van der Waals surface area contributed by atoms with Gasteiger partial charge in [0.1, 0.15) is 0 Å². The molecule has 0 aliphatic heterocycles.